The van der Waals surface area contributed by atoms with Crippen molar-refractivity contribution in [2.24, 2.45) is 0 Å². The van der Waals surface area contributed by atoms with Gasteiger partial charge in [-0.25, -0.2) is 4.79 Å². The maximum Gasteiger partial charge on any atom is 0.407 e. The maximum absolute atomic E-state index is 11.6. The van der Waals surface area contributed by atoms with E-state index >= 15 is 0 Å². The molecule has 1 aliphatic rings. The van der Waals surface area contributed by atoms with Gasteiger partial charge in [0.05, 0.1) is 0 Å². The maximum atomic E-state index is 11.6. The van der Waals surface area contributed by atoms with E-state index in [1.807, 2.05) is 26.8 Å². The highest BCUT2D eigenvalue weighted by atomic mass is 79.9. The fourth-order valence-corrected chi connectivity index (χ4v) is 3.42. The monoisotopic (exact) mass is 339 g/mol. The van der Waals surface area contributed by atoms with Crippen molar-refractivity contribution in [3.05, 3.63) is 33.8 Å². The lowest BCUT2D eigenvalue weighted by atomic mass is 9.82. The van der Waals surface area contributed by atoms with Crippen LogP contribution in [0, 0.1) is 0 Å². The van der Waals surface area contributed by atoms with E-state index in [-0.39, 0.29) is 11.0 Å². The van der Waals surface area contributed by atoms with Crippen LogP contribution >= 0.6 is 15.9 Å². The molecule has 1 atom stereocenters. The number of amides is 1. The Morgan fingerprint density at radius 2 is 2.10 bits per heavy atom. The lowest BCUT2D eigenvalue weighted by Crippen LogP contribution is -2.50. The number of halogens is 1. The highest BCUT2D eigenvalue weighted by Gasteiger charge is 2.39. The van der Waals surface area contributed by atoms with Crippen molar-refractivity contribution >= 4 is 22.0 Å². The first-order valence-corrected chi connectivity index (χ1v) is 7.72. The largest absolute Gasteiger partial charge is 0.465 e. The topological polar surface area (TPSA) is 40.5 Å². The Bertz CT molecular complexity index is 536. The number of nitrogens with zero attached hydrogens (tertiary/aromatic N) is 1. The molecule has 1 amide bonds. The molecule has 0 radical (unpaired) electrons. The summed E-state index contributed by atoms with van der Waals surface area (Å²) in [7, 11) is 0. The molecular weight excluding hydrogens is 318 g/mol. The molecule has 0 aromatic heterocycles. The lowest BCUT2D eigenvalue weighted by Gasteiger charge is -2.39. The molecule has 0 saturated heterocycles. The van der Waals surface area contributed by atoms with Crippen molar-refractivity contribution in [2.75, 3.05) is 6.54 Å². The number of hydrogen-bond donors (Lipinski definition) is 1. The summed E-state index contributed by atoms with van der Waals surface area (Å²) in [6.07, 6.45) is 1.17. The molecule has 2 rings (SSSR count). The van der Waals surface area contributed by atoms with Crippen LogP contribution in [-0.4, -0.2) is 28.2 Å². The van der Waals surface area contributed by atoms with E-state index in [0.29, 0.717) is 6.54 Å². The SMILES string of the molecule is CC1(CN(C(=O)O)C(C)(C)C)CCc2cc(Br)ccc21. The summed E-state index contributed by atoms with van der Waals surface area (Å²) in [5.74, 6) is 0. The van der Waals surface area contributed by atoms with Gasteiger partial charge < -0.3 is 10.0 Å². The van der Waals surface area contributed by atoms with Gasteiger partial charge in [0, 0.05) is 22.0 Å². The molecule has 0 heterocycles. The van der Waals surface area contributed by atoms with E-state index in [9.17, 15) is 9.90 Å². The summed E-state index contributed by atoms with van der Waals surface area (Å²) >= 11 is 3.50. The van der Waals surface area contributed by atoms with Gasteiger partial charge in [0.1, 0.15) is 0 Å². The molecule has 0 saturated carbocycles. The van der Waals surface area contributed by atoms with Gasteiger partial charge in [-0.15, -0.1) is 0 Å². The van der Waals surface area contributed by atoms with E-state index in [1.54, 1.807) is 4.90 Å². The first-order chi connectivity index (χ1) is 9.13. The second kappa shape index (κ2) is 5.06. The Hall–Kier alpha value is -1.03. The Labute approximate surface area is 129 Å². The zero-order chi connectivity index (χ0) is 15.1. The molecule has 1 aliphatic carbocycles. The van der Waals surface area contributed by atoms with Crippen LogP contribution in [0.4, 0.5) is 4.79 Å². The molecule has 1 unspecified atom stereocenters. The number of hydrogen-bond acceptors (Lipinski definition) is 1. The van der Waals surface area contributed by atoms with E-state index < -0.39 is 6.09 Å². The van der Waals surface area contributed by atoms with Gasteiger partial charge in [-0.05, 0) is 56.9 Å². The molecular formula is C16H22BrNO2. The molecule has 0 bridgehead atoms. The van der Waals surface area contributed by atoms with Crippen LogP contribution in [0.3, 0.4) is 0 Å². The summed E-state index contributed by atoms with van der Waals surface area (Å²) in [4.78, 5) is 13.1. The summed E-state index contributed by atoms with van der Waals surface area (Å²) in [6, 6.07) is 6.34. The van der Waals surface area contributed by atoms with Gasteiger partial charge >= 0.3 is 6.09 Å². The van der Waals surface area contributed by atoms with Crippen molar-refractivity contribution in [3.63, 3.8) is 0 Å². The Morgan fingerprint density at radius 3 is 2.65 bits per heavy atom. The normalized spacial score (nSPS) is 21.6. The molecule has 0 aliphatic heterocycles. The molecule has 4 heteroatoms. The molecule has 110 valence electrons. The summed E-state index contributed by atoms with van der Waals surface area (Å²) in [5, 5.41) is 9.49. The summed E-state index contributed by atoms with van der Waals surface area (Å²) < 4.78 is 1.09. The summed E-state index contributed by atoms with van der Waals surface area (Å²) in [5.41, 5.74) is 2.15. The predicted molar refractivity (Wildman–Crippen MR) is 84.3 cm³/mol. The Morgan fingerprint density at radius 1 is 1.45 bits per heavy atom. The van der Waals surface area contributed by atoms with Gasteiger partial charge in [-0.2, -0.15) is 0 Å². The number of rotatable bonds is 2. The number of fused-ring (bicyclic) bond motifs is 1. The standard InChI is InChI=1S/C16H22BrNO2/c1-15(2,3)18(14(19)20)10-16(4)8-7-11-9-12(17)5-6-13(11)16/h5-6,9H,7-8,10H2,1-4H3,(H,19,20). The van der Waals surface area contributed by atoms with Crippen LogP contribution in [0.15, 0.2) is 22.7 Å². The number of carboxylic acid groups (broad SMARTS) is 1. The fraction of sp³-hybridized carbons (Fsp3) is 0.562. The average molecular weight is 340 g/mol. The average Bonchev–Trinajstić information content (AvgIpc) is 2.62. The van der Waals surface area contributed by atoms with Crippen LogP contribution in [0.5, 0.6) is 0 Å². The predicted octanol–water partition coefficient (Wildman–Crippen LogP) is 4.43. The van der Waals surface area contributed by atoms with E-state index in [2.05, 4.69) is 35.0 Å². The zero-order valence-corrected chi connectivity index (χ0v) is 14.1. The molecule has 3 nitrogen and oxygen atoms in total. The van der Waals surface area contributed by atoms with Gasteiger partial charge in [0.25, 0.3) is 0 Å². The van der Waals surface area contributed by atoms with Gasteiger partial charge in [0.2, 0.25) is 0 Å². The van der Waals surface area contributed by atoms with Gasteiger partial charge in [-0.3, -0.25) is 0 Å². The second-order valence-corrected chi connectivity index (χ2v) is 7.82. The van der Waals surface area contributed by atoms with Crippen LogP contribution < -0.4 is 0 Å². The lowest BCUT2D eigenvalue weighted by molar-refractivity contribution is 0.0844. The second-order valence-electron chi connectivity index (χ2n) is 6.90. The van der Waals surface area contributed by atoms with Crippen molar-refractivity contribution in [3.8, 4) is 0 Å². The molecule has 1 aromatic carbocycles. The molecule has 1 N–H and O–H groups in total. The van der Waals surface area contributed by atoms with E-state index in [0.717, 1.165) is 17.3 Å². The minimum absolute atomic E-state index is 0.0955. The van der Waals surface area contributed by atoms with Crippen molar-refractivity contribution in [1.29, 1.82) is 0 Å². The van der Waals surface area contributed by atoms with Gasteiger partial charge in [-0.1, -0.05) is 28.9 Å². The minimum atomic E-state index is -0.843. The third kappa shape index (κ3) is 2.85. The van der Waals surface area contributed by atoms with Crippen LogP contribution in [0.2, 0.25) is 0 Å². The van der Waals surface area contributed by atoms with Crippen molar-refractivity contribution < 1.29 is 9.90 Å². The number of carbonyl (C=O) groups is 1. The molecule has 1 aromatic rings. The highest BCUT2D eigenvalue weighted by Crippen LogP contribution is 2.41. The Balaban J connectivity index is 2.33. The quantitative estimate of drug-likeness (QED) is 0.865. The van der Waals surface area contributed by atoms with Crippen LogP contribution in [0.1, 0.15) is 45.2 Å². The smallest absolute Gasteiger partial charge is 0.407 e. The number of benzene rings is 1. The van der Waals surface area contributed by atoms with E-state index in [1.165, 1.54) is 11.1 Å². The highest BCUT2D eigenvalue weighted by molar-refractivity contribution is 9.10. The first-order valence-electron chi connectivity index (χ1n) is 6.93. The number of aryl methyl sites for hydroxylation is 1. The Kier molecular flexibility index (Phi) is 3.89. The third-order valence-corrected chi connectivity index (χ3v) is 4.70. The summed E-state index contributed by atoms with van der Waals surface area (Å²) in [6.45, 7) is 8.56. The van der Waals surface area contributed by atoms with Crippen molar-refractivity contribution in [2.45, 2.75) is 51.5 Å². The third-order valence-electron chi connectivity index (χ3n) is 4.21. The first kappa shape index (κ1) is 15.4. The zero-order valence-electron chi connectivity index (χ0n) is 12.5. The van der Waals surface area contributed by atoms with Crippen LogP contribution in [0.25, 0.3) is 0 Å². The van der Waals surface area contributed by atoms with Crippen LogP contribution in [-0.2, 0) is 11.8 Å². The fourth-order valence-electron chi connectivity index (χ4n) is 3.01. The van der Waals surface area contributed by atoms with Crippen molar-refractivity contribution in [1.82, 2.24) is 4.90 Å². The molecule has 0 spiro atoms. The molecule has 0 fully saturated rings. The van der Waals surface area contributed by atoms with Gasteiger partial charge in [0.15, 0.2) is 0 Å². The molecule has 20 heavy (non-hydrogen) atoms. The minimum Gasteiger partial charge on any atom is -0.465 e. The van der Waals surface area contributed by atoms with E-state index in [4.69, 9.17) is 0 Å².